The summed E-state index contributed by atoms with van der Waals surface area (Å²) in [6, 6.07) is 12.7. The number of aliphatic hydroxyl groups excluding tert-OH is 1. The van der Waals surface area contributed by atoms with E-state index in [-0.39, 0.29) is 6.10 Å². The summed E-state index contributed by atoms with van der Waals surface area (Å²) in [4.78, 5) is 4.87. The highest BCUT2D eigenvalue weighted by molar-refractivity contribution is 6.33. The molecular formula is C19H23ClN2O2. The molecule has 1 N–H and O–H groups in total. The molecule has 0 bridgehead atoms. The lowest BCUT2D eigenvalue weighted by Gasteiger charge is -2.41. The smallest absolute Gasteiger partial charge is 0.135 e. The first kappa shape index (κ1) is 16.2. The second-order valence-electron chi connectivity index (χ2n) is 7.02. The zero-order valence-corrected chi connectivity index (χ0v) is 14.6. The zero-order valence-electron chi connectivity index (χ0n) is 13.9. The van der Waals surface area contributed by atoms with Crippen LogP contribution in [0.15, 0.2) is 40.8 Å². The molecule has 0 radical (unpaired) electrons. The number of hydrogen-bond donors (Lipinski definition) is 1. The van der Waals surface area contributed by atoms with Crippen LogP contribution in [0, 0.1) is 0 Å². The van der Waals surface area contributed by atoms with Gasteiger partial charge in [-0.2, -0.15) is 0 Å². The van der Waals surface area contributed by atoms with Crippen molar-refractivity contribution in [3.8, 4) is 11.3 Å². The fraction of sp³-hybridized carbons (Fsp3) is 0.474. The highest BCUT2D eigenvalue weighted by Crippen LogP contribution is 2.31. The Balaban J connectivity index is 1.47. The number of halogens is 1. The molecule has 2 aromatic rings. The van der Waals surface area contributed by atoms with Gasteiger partial charge in [0.15, 0.2) is 0 Å². The van der Waals surface area contributed by atoms with Gasteiger partial charge in [0, 0.05) is 37.3 Å². The third-order valence-corrected chi connectivity index (χ3v) is 5.56. The van der Waals surface area contributed by atoms with Gasteiger partial charge in [0.25, 0.3) is 0 Å². The maximum atomic E-state index is 9.89. The van der Waals surface area contributed by atoms with Crippen LogP contribution in [-0.2, 0) is 6.54 Å². The van der Waals surface area contributed by atoms with E-state index in [1.54, 1.807) is 0 Å². The minimum atomic E-state index is -0.169. The molecule has 2 saturated heterocycles. The zero-order chi connectivity index (χ0) is 16.7. The van der Waals surface area contributed by atoms with Gasteiger partial charge in [-0.25, -0.2) is 0 Å². The summed E-state index contributed by atoms with van der Waals surface area (Å²) in [6.07, 6.45) is 0.712. The number of furan rings is 1. The lowest BCUT2D eigenvalue weighted by molar-refractivity contribution is 0.0485. The average molecular weight is 347 g/mol. The summed E-state index contributed by atoms with van der Waals surface area (Å²) in [5.41, 5.74) is 0.933. The van der Waals surface area contributed by atoms with E-state index < -0.39 is 0 Å². The van der Waals surface area contributed by atoms with Crippen LogP contribution in [0.4, 0.5) is 0 Å². The van der Waals surface area contributed by atoms with Crippen molar-refractivity contribution in [2.24, 2.45) is 0 Å². The van der Waals surface area contributed by atoms with Crippen molar-refractivity contribution in [3.05, 3.63) is 47.2 Å². The van der Waals surface area contributed by atoms with Crippen LogP contribution in [0.1, 0.15) is 19.1 Å². The summed E-state index contributed by atoms with van der Waals surface area (Å²) in [5, 5.41) is 10.6. The topological polar surface area (TPSA) is 39.9 Å². The Hall–Kier alpha value is -1.33. The van der Waals surface area contributed by atoms with E-state index in [1.807, 2.05) is 36.4 Å². The molecular weight excluding hydrogens is 324 g/mol. The second-order valence-corrected chi connectivity index (χ2v) is 7.43. The average Bonchev–Trinajstić information content (AvgIpc) is 3.14. The summed E-state index contributed by atoms with van der Waals surface area (Å²) in [6.45, 7) is 5.87. The van der Waals surface area contributed by atoms with E-state index in [9.17, 15) is 5.11 Å². The third kappa shape index (κ3) is 3.11. The Labute approximate surface area is 147 Å². The number of fused-ring (bicyclic) bond motifs is 1. The quantitative estimate of drug-likeness (QED) is 0.926. The first-order valence-electron chi connectivity index (χ1n) is 8.60. The van der Waals surface area contributed by atoms with Gasteiger partial charge in [-0.05, 0) is 37.6 Å². The molecule has 2 aliphatic heterocycles. The second kappa shape index (κ2) is 6.52. The van der Waals surface area contributed by atoms with Gasteiger partial charge in [-0.1, -0.05) is 23.7 Å². The van der Waals surface area contributed by atoms with Crippen LogP contribution < -0.4 is 0 Å². The molecule has 128 valence electrons. The van der Waals surface area contributed by atoms with Gasteiger partial charge in [0.1, 0.15) is 11.5 Å². The van der Waals surface area contributed by atoms with Crippen molar-refractivity contribution in [3.63, 3.8) is 0 Å². The van der Waals surface area contributed by atoms with E-state index in [0.717, 1.165) is 49.7 Å². The molecule has 1 aromatic carbocycles. The number of benzene rings is 1. The fourth-order valence-corrected chi connectivity index (χ4v) is 4.19. The molecule has 0 spiro atoms. The first-order chi connectivity index (χ1) is 11.6. The molecule has 5 heteroatoms. The molecule has 24 heavy (non-hydrogen) atoms. The van der Waals surface area contributed by atoms with Crippen LogP contribution in [0.3, 0.4) is 0 Å². The van der Waals surface area contributed by atoms with Gasteiger partial charge in [-0.15, -0.1) is 0 Å². The summed E-state index contributed by atoms with van der Waals surface area (Å²) < 4.78 is 6.04. The first-order valence-corrected chi connectivity index (χ1v) is 8.97. The standard InChI is InChI=1S/C19H23ClN2O2/c1-13-9-22-11-15(23)8-14(22)10-21(13)12-16-6-7-19(24-16)17-4-2-3-5-18(17)20/h2-7,13-15,23H,8-12H2,1H3/t13-,14-,15+/m0/s1. The maximum absolute atomic E-state index is 9.89. The van der Waals surface area contributed by atoms with Crippen LogP contribution in [0.2, 0.25) is 5.02 Å². The lowest BCUT2D eigenvalue weighted by Crippen LogP contribution is -2.54. The predicted molar refractivity (Wildman–Crippen MR) is 95.0 cm³/mol. The predicted octanol–water partition coefficient (Wildman–Crippen LogP) is 3.24. The van der Waals surface area contributed by atoms with Crippen LogP contribution >= 0.6 is 11.6 Å². The number of hydrogen-bond acceptors (Lipinski definition) is 4. The highest BCUT2D eigenvalue weighted by Gasteiger charge is 2.38. The third-order valence-electron chi connectivity index (χ3n) is 5.23. The van der Waals surface area contributed by atoms with Crippen molar-refractivity contribution in [1.82, 2.24) is 9.80 Å². The van der Waals surface area contributed by atoms with E-state index in [2.05, 4.69) is 16.7 Å². The van der Waals surface area contributed by atoms with Crippen molar-refractivity contribution >= 4 is 11.6 Å². The van der Waals surface area contributed by atoms with E-state index in [0.29, 0.717) is 17.1 Å². The lowest BCUT2D eigenvalue weighted by atomic mass is 10.1. The van der Waals surface area contributed by atoms with Crippen LogP contribution in [-0.4, -0.2) is 52.7 Å². The molecule has 1 aromatic heterocycles. The number of piperazine rings is 1. The monoisotopic (exact) mass is 346 g/mol. The van der Waals surface area contributed by atoms with Crippen molar-refractivity contribution < 1.29 is 9.52 Å². The normalized spacial score (nSPS) is 28.2. The molecule has 2 fully saturated rings. The molecule has 3 heterocycles. The Morgan fingerprint density at radius 3 is 2.83 bits per heavy atom. The van der Waals surface area contributed by atoms with Crippen LogP contribution in [0.25, 0.3) is 11.3 Å². The van der Waals surface area contributed by atoms with Crippen molar-refractivity contribution in [2.75, 3.05) is 19.6 Å². The van der Waals surface area contributed by atoms with E-state index in [4.69, 9.17) is 16.0 Å². The Kier molecular flexibility index (Phi) is 4.39. The van der Waals surface area contributed by atoms with Gasteiger partial charge in [0.2, 0.25) is 0 Å². The minimum Gasteiger partial charge on any atom is -0.460 e. The number of rotatable bonds is 3. The molecule has 0 saturated carbocycles. The SMILES string of the molecule is C[C@H]1CN2C[C@H](O)C[C@H]2CN1Cc1ccc(-c2ccccc2Cl)o1. The molecule has 4 rings (SSSR count). The van der Waals surface area contributed by atoms with Crippen molar-refractivity contribution in [2.45, 2.75) is 38.1 Å². The Morgan fingerprint density at radius 1 is 1.17 bits per heavy atom. The molecule has 2 aliphatic rings. The summed E-state index contributed by atoms with van der Waals surface area (Å²) >= 11 is 6.26. The van der Waals surface area contributed by atoms with Gasteiger partial charge < -0.3 is 9.52 Å². The van der Waals surface area contributed by atoms with Gasteiger partial charge in [-0.3, -0.25) is 9.80 Å². The Bertz CT molecular complexity index is 717. The fourth-order valence-electron chi connectivity index (χ4n) is 3.97. The molecule has 0 unspecified atom stereocenters. The van der Waals surface area contributed by atoms with E-state index in [1.165, 1.54) is 0 Å². The molecule has 4 nitrogen and oxygen atoms in total. The number of nitrogens with zero attached hydrogens (tertiary/aromatic N) is 2. The minimum absolute atomic E-state index is 0.169. The molecule has 0 aliphatic carbocycles. The molecule has 0 amide bonds. The highest BCUT2D eigenvalue weighted by atomic mass is 35.5. The number of aliphatic hydroxyl groups is 1. The van der Waals surface area contributed by atoms with Crippen molar-refractivity contribution in [1.29, 1.82) is 0 Å². The van der Waals surface area contributed by atoms with Crippen LogP contribution in [0.5, 0.6) is 0 Å². The van der Waals surface area contributed by atoms with Gasteiger partial charge in [0.05, 0.1) is 17.7 Å². The molecule has 3 atom stereocenters. The summed E-state index contributed by atoms with van der Waals surface area (Å²) in [5.74, 6) is 1.78. The summed E-state index contributed by atoms with van der Waals surface area (Å²) in [7, 11) is 0. The van der Waals surface area contributed by atoms with Gasteiger partial charge >= 0.3 is 0 Å². The largest absolute Gasteiger partial charge is 0.460 e. The van der Waals surface area contributed by atoms with E-state index >= 15 is 0 Å². The maximum Gasteiger partial charge on any atom is 0.135 e. The Morgan fingerprint density at radius 2 is 2.00 bits per heavy atom.